The summed E-state index contributed by atoms with van der Waals surface area (Å²) in [7, 11) is 0. The number of thioether (sulfide) groups is 1. The van der Waals surface area contributed by atoms with E-state index in [2.05, 4.69) is 9.97 Å². The predicted molar refractivity (Wildman–Crippen MR) is 80.5 cm³/mol. The van der Waals surface area contributed by atoms with Crippen molar-refractivity contribution in [2.24, 2.45) is 0 Å². The van der Waals surface area contributed by atoms with Gasteiger partial charge in [0.1, 0.15) is 11.6 Å². The summed E-state index contributed by atoms with van der Waals surface area (Å²) in [6.45, 7) is 3.98. The van der Waals surface area contributed by atoms with Gasteiger partial charge in [0.2, 0.25) is 0 Å². The number of aromatic amines is 1. The van der Waals surface area contributed by atoms with E-state index in [0.29, 0.717) is 5.82 Å². The standard InChI is InChI=1S/C15H16N2O2S/c1-9(2)19-11-5-3-10(4-6-11)14-16-12-7-8-20-13(12)15(18)17-14/h3-6,9H,7-8H2,1-2H3,(H,16,17,18). The highest BCUT2D eigenvalue weighted by Crippen LogP contribution is 2.28. The first-order valence-corrected chi connectivity index (χ1v) is 7.65. The number of hydrogen-bond acceptors (Lipinski definition) is 4. The fourth-order valence-electron chi connectivity index (χ4n) is 2.18. The van der Waals surface area contributed by atoms with E-state index in [4.69, 9.17) is 4.74 Å². The number of hydrogen-bond donors (Lipinski definition) is 1. The molecule has 0 bridgehead atoms. The average Bonchev–Trinajstić information content (AvgIpc) is 2.87. The normalized spacial score (nSPS) is 13.6. The van der Waals surface area contributed by atoms with Crippen LogP contribution >= 0.6 is 11.8 Å². The Hall–Kier alpha value is -1.75. The Morgan fingerprint density at radius 1 is 1.30 bits per heavy atom. The molecule has 1 aliphatic rings. The van der Waals surface area contributed by atoms with E-state index in [1.807, 2.05) is 38.1 Å². The number of fused-ring (bicyclic) bond motifs is 1. The molecule has 0 amide bonds. The van der Waals surface area contributed by atoms with Gasteiger partial charge in [0.05, 0.1) is 16.7 Å². The molecule has 1 aromatic heterocycles. The van der Waals surface area contributed by atoms with E-state index in [1.165, 1.54) is 0 Å². The van der Waals surface area contributed by atoms with Crippen molar-refractivity contribution in [1.82, 2.24) is 9.97 Å². The van der Waals surface area contributed by atoms with Crippen LogP contribution in [0.1, 0.15) is 19.5 Å². The Kier molecular flexibility index (Phi) is 3.53. The molecule has 0 atom stereocenters. The van der Waals surface area contributed by atoms with Gasteiger partial charge in [-0.3, -0.25) is 4.79 Å². The van der Waals surface area contributed by atoms with Gasteiger partial charge in [-0.1, -0.05) is 0 Å². The van der Waals surface area contributed by atoms with Gasteiger partial charge in [-0.05, 0) is 38.1 Å². The lowest BCUT2D eigenvalue weighted by Gasteiger charge is -2.10. The molecular formula is C15H16N2O2S. The van der Waals surface area contributed by atoms with Crippen molar-refractivity contribution in [3.8, 4) is 17.1 Å². The summed E-state index contributed by atoms with van der Waals surface area (Å²) in [6.07, 6.45) is 1.02. The smallest absolute Gasteiger partial charge is 0.265 e. The van der Waals surface area contributed by atoms with Crippen LogP contribution in [0.2, 0.25) is 0 Å². The molecule has 20 heavy (non-hydrogen) atoms. The monoisotopic (exact) mass is 288 g/mol. The highest BCUT2D eigenvalue weighted by atomic mass is 32.2. The Morgan fingerprint density at radius 2 is 2.05 bits per heavy atom. The first kappa shape index (κ1) is 13.2. The highest BCUT2D eigenvalue weighted by Gasteiger charge is 2.18. The maximum Gasteiger partial charge on any atom is 0.265 e. The molecule has 0 spiro atoms. The van der Waals surface area contributed by atoms with Crippen LogP contribution in [0.5, 0.6) is 5.75 Å². The van der Waals surface area contributed by atoms with E-state index in [0.717, 1.165) is 34.1 Å². The lowest BCUT2D eigenvalue weighted by molar-refractivity contribution is 0.242. The van der Waals surface area contributed by atoms with Crippen LogP contribution in [0.3, 0.4) is 0 Å². The Balaban J connectivity index is 1.93. The van der Waals surface area contributed by atoms with Crippen molar-refractivity contribution in [2.45, 2.75) is 31.3 Å². The van der Waals surface area contributed by atoms with Gasteiger partial charge in [0.15, 0.2) is 0 Å². The second-order valence-electron chi connectivity index (χ2n) is 4.98. The van der Waals surface area contributed by atoms with Gasteiger partial charge in [0, 0.05) is 17.7 Å². The minimum absolute atomic E-state index is 0.0324. The minimum Gasteiger partial charge on any atom is -0.491 e. The third-order valence-electron chi connectivity index (χ3n) is 3.03. The summed E-state index contributed by atoms with van der Waals surface area (Å²) in [6, 6.07) is 7.64. The number of H-pyrrole nitrogens is 1. The maximum absolute atomic E-state index is 12.0. The van der Waals surface area contributed by atoms with Gasteiger partial charge in [0.25, 0.3) is 5.56 Å². The third kappa shape index (κ3) is 2.58. The third-order valence-corrected chi connectivity index (χ3v) is 4.15. The molecule has 2 heterocycles. The van der Waals surface area contributed by atoms with Crippen LogP contribution in [0, 0.1) is 0 Å². The molecule has 1 N–H and O–H groups in total. The summed E-state index contributed by atoms with van der Waals surface area (Å²) in [5, 5.41) is 0. The second kappa shape index (κ2) is 5.32. The first-order chi connectivity index (χ1) is 9.63. The zero-order valence-corrected chi connectivity index (χ0v) is 12.3. The van der Waals surface area contributed by atoms with E-state index in [-0.39, 0.29) is 11.7 Å². The lowest BCUT2D eigenvalue weighted by Crippen LogP contribution is -2.12. The van der Waals surface area contributed by atoms with Crippen molar-refractivity contribution in [2.75, 3.05) is 5.75 Å². The van der Waals surface area contributed by atoms with Crippen LogP contribution in [0.4, 0.5) is 0 Å². The van der Waals surface area contributed by atoms with Gasteiger partial charge < -0.3 is 9.72 Å². The molecule has 5 heteroatoms. The largest absolute Gasteiger partial charge is 0.491 e. The molecule has 0 radical (unpaired) electrons. The first-order valence-electron chi connectivity index (χ1n) is 6.66. The van der Waals surface area contributed by atoms with E-state index in [9.17, 15) is 4.79 Å². The molecule has 2 aromatic rings. The molecule has 1 aliphatic heterocycles. The van der Waals surface area contributed by atoms with Gasteiger partial charge in [-0.2, -0.15) is 0 Å². The van der Waals surface area contributed by atoms with Crippen molar-refractivity contribution in [3.05, 3.63) is 40.3 Å². The van der Waals surface area contributed by atoms with Gasteiger partial charge in [-0.15, -0.1) is 11.8 Å². The number of ether oxygens (including phenoxy) is 1. The number of rotatable bonds is 3. The molecule has 0 saturated carbocycles. The predicted octanol–water partition coefficient (Wildman–Crippen LogP) is 2.87. The summed E-state index contributed by atoms with van der Waals surface area (Å²) in [5.74, 6) is 2.39. The van der Waals surface area contributed by atoms with E-state index >= 15 is 0 Å². The zero-order valence-electron chi connectivity index (χ0n) is 11.5. The minimum atomic E-state index is -0.0324. The molecule has 4 nitrogen and oxygen atoms in total. The van der Waals surface area contributed by atoms with Gasteiger partial charge >= 0.3 is 0 Å². The summed E-state index contributed by atoms with van der Waals surface area (Å²) < 4.78 is 5.61. The van der Waals surface area contributed by atoms with Crippen molar-refractivity contribution >= 4 is 11.8 Å². The molecular weight excluding hydrogens is 272 g/mol. The zero-order chi connectivity index (χ0) is 14.1. The fraction of sp³-hybridized carbons (Fsp3) is 0.333. The fourth-order valence-corrected chi connectivity index (χ4v) is 3.17. The van der Waals surface area contributed by atoms with Crippen LogP contribution in [0.15, 0.2) is 34.0 Å². The highest BCUT2D eigenvalue weighted by molar-refractivity contribution is 7.99. The Labute approximate surface area is 121 Å². The van der Waals surface area contributed by atoms with Crippen LogP contribution in [0.25, 0.3) is 11.4 Å². The summed E-state index contributed by atoms with van der Waals surface area (Å²) in [5.41, 5.74) is 1.78. The number of nitrogens with one attached hydrogen (secondary N) is 1. The van der Waals surface area contributed by atoms with Gasteiger partial charge in [-0.25, -0.2) is 4.98 Å². The SMILES string of the molecule is CC(C)Oc1ccc(-c2nc3c(c(=O)[nH]2)SCC3)cc1. The van der Waals surface area contributed by atoms with Crippen LogP contribution < -0.4 is 10.3 Å². The quantitative estimate of drug-likeness (QED) is 0.943. The summed E-state index contributed by atoms with van der Waals surface area (Å²) >= 11 is 1.58. The second-order valence-corrected chi connectivity index (χ2v) is 6.08. The maximum atomic E-state index is 12.0. The molecule has 0 aliphatic carbocycles. The number of aryl methyl sites for hydroxylation is 1. The van der Waals surface area contributed by atoms with Crippen molar-refractivity contribution in [3.63, 3.8) is 0 Å². The summed E-state index contributed by atoms with van der Waals surface area (Å²) in [4.78, 5) is 20.2. The molecule has 1 aromatic carbocycles. The van der Waals surface area contributed by atoms with Crippen molar-refractivity contribution in [1.29, 1.82) is 0 Å². The molecule has 0 fully saturated rings. The Bertz CT molecular complexity index is 677. The molecule has 0 saturated heterocycles. The van der Waals surface area contributed by atoms with Crippen LogP contribution in [-0.2, 0) is 6.42 Å². The van der Waals surface area contributed by atoms with E-state index in [1.54, 1.807) is 11.8 Å². The number of aromatic nitrogens is 2. The molecule has 104 valence electrons. The van der Waals surface area contributed by atoms with Crippen LogP contribution in [-0.4, -0.2) is 21.8 Å². The molecule has 3 rings (SSSR count). The number of benzene rings is 1. The Morgan fingerprint density at radius 3 is 2.75 bits per heavy atom. The van der Waals surface area contributed by atoms with E-state index < -0.39 is 0 Å². The number of nitrogens with zero attached hydrogens (tertiary/aromatic N) is 1. The van der Waals surface area contributed by atoms with Crippen molar-refractivity contribution < 1.29 is 4.74 Å². The topological polar surface area (TPSA) is 55.0 Å². The molecule has 0 unspecified atom stereocenters. The lowest BCUT2D eigenvalue weighted by atomic mass is 10.2. The average molecular weight is 288 g/mol.